The summed E-state index contributed by atoms with van der Waals surface area (Å²) in [5.41, 5.74) is 1.16. The summed E-state index contributed by atoms with van der Waals surface area (Å²) in [6.07, 6.45) is 4.38. The van der Waals surface area contributed by atoms with Gasteiger partial charge in [-0.1, -0.05) is 6.92 Å². The molecule has 0 radical (unpaired) electrons. The lowest BCUT2D eigenvalue weighted by molar-refractivity contribution is 0.245. The Morgan fingerprint density at radius 2 is 2.35 bits per heavy atom. The van der Waals surface area contributed by atoms with E-state index in [9.17, 15) is 0 Å². The number of furan rings is 1. The first-order valence-electron chi connectivity index (χ1n) is 7.25. The number of nitrogens with one attached hydrogen (secondary N) is 1. The first-order valence-corrected chi connectivity index (χ1v) is 8.13. The maximum absolute atomic E-state index is 5.41. The Morgan fingerprint density at radius 1 is 1.45 bits per heavy atom. The van der Waals surface area contributed by atoms with Crippen molar-refractivity contribution in [3.63, 3.8) is 0 Å². The molecule has 2 aromatic rings. The molecule has 3 rings (SSSR count). The lowest BCUT2D eigenvalue weighted by Crippen LogP contribution is -2.22. The molecule has 1 fully saturated rings. The van der Waals surface area contributed by atoms with Crippen LogP contribution in [0.15, 0.2) is 28.2 Å². The highest BCUT2D eigenvalue weighted by molar-refractivity contribution is 7.09. The molecule has 4 nitrogen and oxygen atoms in total. The Balaban J connectivity index is 1.52. The van der Waals surface area contributed by atoms with E-state index in [4.69, 9.17) is 9.40 Å². The summed E-state index contributed by atoms with van der Waals surface area (Å²) in [7, 11) is 0. The zero-order chi connectivity index (χ0) is 13.8. The van der Waals surface area contributed by atoms with E-state index in [1.54, 1.807) is 17.6 Å². The lowest BCUT2D eigenvalue weighted by atomic mass is 10.3. The Labute approximate surface area is 123 Å². The van der Waals surface area contributed by atoms with Crippen molar-refractivity contribution < 1.29 is 4.42 Å². The molecule has 0 saturated heterocycles. The molecule has 1 saturated carbocycles. The SMILES string of the molecule is CCN(Cc1csc(CNC2CC2)n1)Cc1ccco1. The van der Waals surface area contributed by atoms with Gasteiger partial charge in [-0.3, -0.25) is 4.90 Å². The summed E-state index contributed by atoms with van der Waals surface area (Å²) >= 11 is 1.76. The third-order valence-electron chi connectivity index (χ3n) is 3.51. The summed E-state index contributed by atoms with van der Waals surface area (Å²) in [4.78, 5) is 7.05. The minimum Gasteiger partial charge on any atom is -0.468 e. The highest BCUT2D eigenvalue weighted by Gasteiger charge is 2.20. The smallest absolute Gasteiger partial charge is 0.117 e. The average Bonchev–Trinajstić information content (AvgIpc) is 2.96. The first-order chi connectivity index (χ1) is 9.83. The number of rotatable bonds is 8. The molecule has 0 aromatic carbocycles. The van der Waals surface area contributed by atoms with Crippen molar-refractivity contribution >= 4 is 11.3 Å². The Bertz CT molecular complexity index is 519. The van der Waals surface area contributed by atoms with Crippen LogP contribution < -0.4 is 5.32 Å². The van der Waals surface area contributed by atoms with E-state index in [1.165, 1.54) is 17.8 Å². The Morgan fingerprint density at radius 3 is 3.05 bits per heavy atom. The third kappa shape index (κ3) is 3.91. The van der Waals surface area contributed by atoms with Gasteiger partial charge in [-0.25, -0.2) is 4.98 Å². The van der Waals surface area contributed by atoms with Gasteiger partial charge in [0, 0.05) is 24.5 Å². The molecule has 0 aliphatic heterocycles. The van der Waals surface area contributed by atoms with Crippen LogP contribution in [0.4, 0.5) is 0 Å². The minimum atomic E-state index is 0.744. The highest BCUT2D eigenvalue weighted by Crippen LogP contribution is 2.20. The molecule has 1 aliphatic rings. The molecule has 1 aliphatic carbocycles. The van der Waals surface area contributed by atoms with Crippen LogP contribution in [0.1, 0.15) is 36.2 Å². The molecule has 0 bridgehead atoms. The molecule has 108 valence electrons. The zero-order valence-corrected chi connectivity index (χ0v) is 12.7. The molecule has 0 unspecified atom stereocenters. The van der Waals surface area contributed by atoms with E-state index >= 15 is 0 Å². The van der Waals surface area contributed by atoms with Crippen LogP contribution in [0.25, 0.3) is 0 Å². The summed E-state index contributed by atoms with van der Waals surface area (Å²) < 4.78 is 5.41. The molecular weight excluding hydrogens is 270 g/mol. The summed E-state index contributed by atoms with van der Waals surface area (Å²) in [6, 6.07) is 4.70. The fraction of sp³-hybridized carbons (Fsp3) is 0.533. The van der Waals surface area contributed by atoms with Crippen LogP contribution in [-0.2, 0) is 19.6 Å². The molecule has 2 aromatic heterocycles. The second-order valence-corrected chi connectivity index (χ2v) is 6.21. The van der Waals surface area contributed by atoms with Gasteiger partial charge in [0.15, 0.2) is 0 Å². The fourth-order valence-electron chi connectivity index (χ4n) is 2.15. The fourth-order valence-corrected chi connectivity index (χ4v) is 2.89. The predicted octanol–water partition coefficient (Wildman–Crippen LogP) is 3.01. The van der Waals surface area contributed by atoms with E-state index in [2.05, 4.69) is 22.5 Å². The van der Waals surface area contributed by atoms with Gasteiger partial charge < -0.3 is 9.73 Å². The molecule has 0 spiro atoms. The summed E-state index contributed by atoms with van der Waals surface area (Å²) in [6.45, 7) is 5.81. The first kappa shape index (κ1) is 13.8. The average molecular weight is 291 g/mol. The van der Waals surface area contributed by atoms with Gasteiger partial charge in [0.2, 0.25) is 0 Å². The molecule has 1 N–H and O–H groups in total. The van der Waals surface area contributed by atoms with E-state index in [1.807, 2.05) is 12.1 Å². The van der Waals surface area contributed by atoms with Gasteiger partial charge in [-0.15, -0.1) is 11.3 Å². The van der Waals surface area contributed by atoms with Crippen LogP contribution in [0.5, 0.6) is 0 Å². The van der Waals surface area contributed by atoms with Crippen LogP contribution in [0, 0.1) is 0 Å². The van der Waals surface area contributed by atoms with Crippen LogP contribution in [-0.4, -0.2) is 22.5 Å². The van der Waals surface area contributed by atoms with E-state index in [-0.39, 0.29) is 0 Å². The maximum Gasteiger partial charge on any atom is 0.117 e. The van der Waals surface area contributed by atoms with Crippen molar-refractivity contribution in [3.05, 3.63) is 40.2 Å². The van der Waals surface area contributed by atoms with Gasteiger partial charge in [-0.05, 0) is 31.5 Å². The molecule has 0 atom stereocenters. The topological polar surface area (TPSA) is 41.3 Å². The molecular formula is C15H21N3OS. The standard InChI is InChI=1S/C15H21N3OS/c1-2-18(10-14-4-3-7-19-14)9-13-11-20-15(17-13)8-16-12-5-6-12/h3-4,7,11-12,16H,2,5-6,8-10H2,1H3. The van der Waals surface area contributed by atoms with Crippen molar-refractivity contribution in [3.8, 4) is 0 Å². The van der Waals surface area contributed by atoms with Crippen LogP contribution >= 0.6 is 11.3 Å². The summed E-state index contributed by atoms with van der Waals surface area (Å²) in [5.74, 6) is 1.01. The van der Waals surface area contributed by atoms with Crippen molar-refractivity contribution in [2.24, 2.45) is 0 Å². The Kier molecular flexibility index (Phi) is 4.50. The molecule has 20 heavy (non-hydrogen) atoms. The quantitative estimate of drug-likeness (QED) is 0.812. The van der Waals surface area contributed by atoms with Crippen LogP contribution in [0.3, 0.4) is 0 Å². The normalized spacial score (nSPS) is 15.1. The second kappa shape index (κ2) is 6.52. The lowest BCUT2D eigenvalue weighted by Gasteiger charge is -2.17. The Hall–Kier alpha value is -1.17. The zero-order valence-electron chi connectivity index (χ0n) is 11.8. The van der Waals surface area contributed by atoms with Crippen molar-refractivity contribution in [2.75, 3.05) is 6.54 Å². The number of aromatic nitrogens is 1. The summed E-state index contributed by atoms with van der Waals surface area (Å²) in [5, 5.41) is 6.88. The van der Waals surface area contributed by atoms with Crippen molar-refractivity contribution in [1.29, 1.82) is 0 Å². The van der Waals surface area contributed by atoms with Gasteiger partial charge in [0.05, 0.1) is 18.5 Å². The molecule has 2 heterocycles. The van der Waals surface area contributed by atoms with Gasteiger partial charge in [-0.2, -0.15) is 0 Å². The number of hydrogen-bond acceptors (Lipinski definition) is 5. The second-order valence-electron chi connectivity index (χ2n) is 5.27. The van der Waals surface area contributed by atoms with E-state index in [0.717, 1.165) is 43.7 Å². The predicted molar refractivity (Wildman–Crippen MR) is 80.5 cm³/mol. The van der Waals surface area contributed by atoms with Gasteiger partial charge in [0.1, 0.15) is 10.8 Å². The number of nitrogens with zero attached hydrogens (tertiary/aromatic N) is 2. The maximum atomic E-state index is 5.41. The highest BCUT2D eigenvalue weighted by atomic mass is 32.1. The monoisotopic (exact) mass is 291 g/mol. The minimum absolute atomic E-state index is 0.744. The largest absolute Gasteiger partial charge is 0.468 e. The number of thiazole rings is 1. The molecule has 5 heteroatoms. The van der Waals surface area contributed by atoms with Crippen molar-refractivity contribution in [1.82, 2.24) is 15.2 Å². The van der Waals surface area contributed by atoms with Gasteiger partial charge in [0.25, 0.3) is 0 Å². The van der Waals surface area contributed by atoms with Crippen molar-refractivity contribution in [2.45, 2.75) is 45.4 Å². The third-order valence-corrected chi connectivity index (χ3v) is 4.41. The van der Waals surface area contributed by atoms with Gasteiger partial charge >= 0.3 is 0 Å². The molecule has 0 amide bonds. The number of hydrogen-bond donors (Lipinski definition) is 1. The van der Waals surface area contributed by atoms with Crippen LogP contribution in [0.2, 0.25) is 0 Å². The van der Waals surface area contributed by atoms with E-state index < -0.39 is 0 Å². The van der Waals surface area contributed by atoms with E-state index in [0.29, 0.717) is 0 Å².